The van der Waals surface area contributed by atoms with Gasteiger partial charge in [-0.05, 0) is 48.6 Å². The first-order valence-electron chi connectivity index (χ1n) is 15.6. The summed E-state index contributed by atoms with van der Waals surface area (Å²) in [6, 6.07) is 16.7. The minimum absolute atomic E-state index is 0.0697. The van der Waals surface area contributed by atoms with Crippen molar-refractivity contribution in [2.75, 3.05) is 6.54 Å². The summed E-state index contributed by atoms with van der Waals surface area (Å²) in [6.45, 7) is 7.70. The Balaban J connectivity index is 1.35. The Kier molecular flexibility index (Phi) is 11.8. The van der Waals surface area contributed by atoms with E-state index >= 15 is 0 Å². The molecule has 2 N–H and O–H groups in total. The van der Waals surface area contributed by atoms with E-state index in [4.69, 9.17) is 9.15 Å². The molecule has 1 aliphatic rings. The fraction of sp³-hybridized carbons (Fsp3) is 0.471. The quantitative estimate of drug-likeness (QED) is 0.252. The maximum Gasteiger partial charge on any atom is 0.408 e. The van der Waals surface area contributed by atoms with E-state index in [1.807, 2.05) is 76.2 Å². The molecule has 1 saturated heterocycles. The highest BCUT2D eigenvalue weighted by Crippen LogP contribution is 2.22. The number of benzene rings is 2. The molecular formula is C34H43N5O6. The van der Waals surface area contributed by atoms with Gasteiger partial charge in [-0.3, -0.25) is 14.4 Å². The van der Waals surface area contributed by atoms with Crippen LogP contribution in [0.25, 0.3) is 0 Å². The van der Waals surface area contributed by atoms with E-state index in [0.717, 1.165) is 18.4 Å². The predicted octanol–water partition coefficient (Wildman–Crippen LogP) is 4.51. The number of carbonyl (C=O) groups excluding carboxylic acids is 4. The zero-order chi connectivity index (χ0) is 32.3. The summed E-state index contributed by atoms with van der Waals surface area (Å²) in [4.78, 5) is 54.6. The van der Waals surface area contributed by atoms with Crippen LogP contribution in [0.1, 0.15) is 74.7 Å². The Morgan fingerprint density at radius 2 is 1.51 bits per heavy atom. The Morgan fingerprint density at radius 3 is 2.16 bits per heavy atom. The fourth-order valence-electron chi connectivity index (χ4n) is 5.35. The minimum atomic E-state index is -0.917. The third kappa shape index (κ3) is 9.23. The normalized spacial score (nSPS) is 16.0. The lowest BCUT2D eigenvalue weighted by Crippen LogP contribution is -2.57. The van der Waals surface area contributed by atoms with Crippen LogP contribution < -0.4 is 10.6 Å². The molecule has 1 aliphatic heterocycles. The van der Waals surface area contributed by atoms with E-state index in [2.05, 4.69) is 33.0 Å². The molecule has 1 aromatic heterocycles. The second kappa shape index (κ2) is 16.0. The molecular weight excluding hydrogens is 574 g/mol. The lowest BCUT2D eigenvalue weighted by atomic mass is 9.98. The molecule has 2 aromatic carbocycles. The van der Waals surface area contributed by atoms with Gasteiger partial charge >= 0.3 is 6.09 Å². The first-order valence-corrected chi connectivity index (χ1v) is 15.6. The first kappa shape index (κ1) is 33.4. The third-order valence-corrected chi connectivity index (χ3v) is 7.88. The van der Waals surface area contributed by atoms with Gasteiger partial charge in [-0.25, -0.2) is 4.79 Å². The maximum absolute atomic E-state index is 13.6. The summed E-state index contributed by atoms with van der Waals surface area (Å²) in [5.41, 5.74) is 2.03. The number of hydrogen-bond donors (Lipinski definition) is 2. The number of alkyl carbamates (subject to hydrolysis) is 1. The van der Waals surface area contributed by atoms with Crippen LogP contribution in [0.4, 0.5) is 4.79 Å². The second-order valence-corrected chi connectivity index (χ2v) is 12.1. The number of Topliss-reactive ketones (excluding diaryl/α,β-unsaturated/α-hetero) is 1. The predicted molar refractivity (Wildman–Crippen MR) is 167 cm³/mol. The molecule has 0 bridgehead atoms. The lowest BCUT2D eigenvalue weighted by Gasteiger charge is -2.31. The smallest absolute Gasteiger partial charge is 0.408 e. The first-order chi connectivity index (χ1) is 21.6. The van der Waals surface area contributed by atoms with Crippen LogP contribution in [-0.2, 0) is 33.8 Å². The minimum Gasteiger partial charge on any atom is -0.445 e. The molecule has 3 aromatic rings. The van der Waals surface area contributed by atoms with Gasteiger partial charge in [-0.1, -0.05) is 88.4 Å². The number of aromatic nitrogens is 2. The molecule has 11 nitrogen and oxygen atoms in total. The van der Waals surface area contributed by atoms with Crippen molar-refractivity contribution < 1.29 is 28.3 Å². The highest BCUT2D eigenvalue weighted by atomic mass is 16.5. The molecule has 2 heterocycles. The molecule has 3 amide bonds. The Hall–Kier alpha value is -4.54. The molecule has 240 valence electrons. The van der Waals surface area contributed by atoms with Crippen LogP contribution in [0.5, 0.6) is 0 Å². The van der Waals surface area contributed by atoms with Crippen molar-refractivity contribution in [2.24, 2.45) is 11.8 Å². The largest absolute Gasteiger partial charge is 0.445 e. The molecule has 0 spiro atoms. The van der Waals surface area contributed by atoms with Gasteiger partial charge in [0.15, 0.2) is 0 Å². The van der Waals surface area contributed by atoms with E-state index < -0.39 is 35.9 Å². The van der Waals surface area contributed by atoms with E-state index in [9.17, 15) is 19.2 Å². The number of hydrogen-bond acceptors (Lipinski definition) is 8. The standard InChI is InChI=1S/C34H43N5O6/c1-22(2)28(30(40)32-38-37-27(45-32)19-11-17-24-13-7-5-8-14-24)35-31(41)26-18-12-20-39(26)33(42)29(23(3)4)36-34(43)44-21-25-15-9-6-10-16-25/h5-10,13-16,22-23,26,28-29H,11-12,17-21H2,1-4H3,(H,35,41)(H,36,43)/t26-,28+,29-/m0/s1. The van der Waals surface area contributed by atoms with E-state index in [-0.39, 0.29) is 30.2 Å². The number of nitrogens with one attached hydrogen (secondary N) is 2. The number of amides is 3. The van der Waals surface area contributed by atoms with Gasteiger partial charge in [0.2, 0.25) is 23.5 Å². The van der Waals surface area contributed by atoms with Gasteiger partial charge in [0.25, 0.3) is 5.89 Å². The van der Waals surface area contributed by atoms with Gasteiger partial charge in [0.1, 0.15) is 18.7 Å². The number of carbonyl (C=O) groups is 4. The number of likely N-dealkylation sites (tertiary alicyclic amines) is 1. The van der Waals surface area contributed by atoms with Gasteiger partial charge in [-0.15, -0.1) is 10.2 Å². The molecule has 0 aliphatic carbocycles. The second-order valence-electron chi connectivity index (χ2n) is 12.1. The summed E-state index contributed by atoms with van der Waals surface area (Å²) < 4.78 is 11.0. The zero-order valence-corrected chi connectivity index (χ0v) is 26.4. The molecule has 3 atom stereocenters. The van der Waals surface area contributed by atoms with Crippen LogP contribution in [0, 0.1) is 11.8 Å². The average Bonchev–Trinajstić information content (AvgIpc) is 3.72. The summed E-state index contributed by atoms with van der Waals surface area (Å²) in [7, 11) is 0. The third-order valence-electron chi connectivity index (χ3n) is 7.88. The SMILES string of the molecule is CC(C)[C@H](NC(=O)OCc1ccccc1)C(=O)N1CCC[C@H]1C(=O)N[C@@H](C(=O)c1nnc(CCCc2ccccc2)o1)C(C)C. The summed E-state index contributed by atoms with van der Waals surface area (Å²) in [5, 5.41) is 13.5. The number of aryl methyl sites for hydroxylation is 2. The van der Waals surface area contributed by atoms with Crippen molar-refractivity contribution in [2.45, 2.75) is 84.5 Å². The van der Waals surface area contributed by atoms with Crippen molar-refractivity contribution in [1.29, 1.82) is 0 Å². The van der Waals surface area contributed by atoms with Crippen LogP contribution >= 0.6 is 0 Å². The number of ether oxygens (including phenoxy) is 1. The molecule has 0 unspecified atom stereocenters. The molecule has 1 fully saturated rings. The number of rotatable bonds is 14. The Bertz CT molecular complexity index is 1430. The molecule has 4 rings (SSSR count). The number of nitrogens with zero attached hydrogens (tertiary/aromatic N) is 3. The van der Waals surface area contributed by atoms with Crippen molar-refractivity contribution in [3.8, 4) is 0 Å². The van der Waals surface area contributed by atoms with E-state index in [0.29, 0.717) is 31.7 Å². The summed E-state index contributed by atoms with van der Waals surface area (Å²) in [6.07, 6.45) is 2.49. The van der Waals surface area contributed by atoms with Crippen LogP contribution in [0.3, 0.4) is 0 Å². The van der Waals surface area contributed by atoms with Gasteiger partial charge in [0, 0.05) is 13.0 Å². The van der Waals surface area contributed by atoms with Crippen molar-refractivity contribution >= 4 is 23.7 Å². The summed E-state index contributed by atoms with van der Waals surface area (Å²) >= 11 is 0. The average molecular weight is 618 g/mol. The lowest BCUT2D eigenvalue weighted by molar-refractivity contribution is -0.141. The van der Waals surface area contributed by atoms with Gasteiger partial charge < -0.3 is 24.7 Å². The zero-order valence-electron chi connectivity index (χ0n) is 26.4. The molecule has 11 heteroatoms. The summed E-state index contributed by atoms with van der Waals surface area (Å²) in [5.74, 6) is -1.60. The van der Waals surface area contributed by atoms with Crippen molar-refractivity contribution in [3.05, 3.63) is 83.6 Å². The Labute approximate surface area is 264 Å². The fourth-order valence-corrected chi connectivity index (χ4v) is 5.35. The number of ketones is 1. The molecule has 0 radical (unpaired) electrons. The highest BCUT2D eigenvalue weighted by Gasteiger charge is 2.40. The Morgan fingerprint density at radius 1 is 0.867 bits per heavy atom. The van der Waals surface area contributed by atoms with Crippen LogP contribution in [0.15, 0.2) is 65.1 Å². The maximum atomic E-state index is 13.6. The monoisotopic (exact) mass is 617 g/mol. The van der Waals surface area contributed by atoms with Crippen molar-refractivity contribution in [1.82, 2.24) is 25.7 Å². The van der Waals surface area contributed by atoms with Crippen molar-refractivity contribution in [3.63, 3.8) is 0 Å². The van der Waals surface area contributed by atoms with E-state index in [1.54, 1.807) is 0 Å². The molecule has 0 saturated carbocycles. The van der Waals surface area contributed by atoms with Crippen LogP contribution in [0.2, 0.25) is 0 Å². The topological polar surface area (TPSA) is 144 Å². The van der Waals surface area contributed by atoms with E-state index in [1.165, 1.54) is 10.5 Å². The van der Waals surface area contributed by atoms with Crippen LogP contribution in [-0.4, -0.2) is 63.5 Å². The highest BCUT2D eigenvalue weighted by molar-refractivity contribution is 6.00. The van der Waals surface area contributed by atoms with Gasteiger partial charge in [0.05, 0.1) is 6.04 Å². The molecule has 45 heavy (non-hydrogen) atoms. The van der Waals surface area contributed by atoms with Gasteiger partial charge in [-0.2, -0.15) is 0 Å².